The fourth-order valence-corrected chi connectivity index (χ4v) is 1.84. The molecule has 0 spiro atoms. The Morgan fingerprint density at radius 1 is 1.53 bits per heavy atom. The summed E-state index contributed by atoms with van der Waals surface area (Å²) in [4.78, 5) is 13.6. The van der Waals surface area contributed by atoms with Crippen molar-refractivity contribution in [3.63, 3.8) is 0 Å². The van der Waals surface area contributed by atoms with Gasteiger partial charge in [-0.2, -0.15) is 5.26 Å². The predicted octanol–water partition coefficient (Wildman–Crippen LogP) is 1.57. The van der Waals surface area contributed by atoms with E-state index in [9.17, 15) is 4.79 Å². The summed E-state index contributed by atoms with van der Waals surface area (Å²) in [5.74, 6) is 0.0977. The quantitative estimate of drug-likeness (QED) is 0.735. The molecule has 4 nitrogen and oxygen atoms in total. The van der Waals surface area contributed by atoms with Crippen molar-refractivity contribution in [2.24, 2.45) is 5.92 Å². The molecule has 1 aromatic rings. The van der Waals surface area contributed by atoms with E-state index in [2.05, 4.69) is 0 Å². The van der Waals surface area contributed by atoms with E-state index in [4.69, 9.17) is 10.00 Å². The number of para-hydroxylation sites is 1. The van der Waals surface area contributed by atoms with E-state index < -0.39 is 5.92 Å². The highest BCUT2D eigenvalue weighted by atomic mass is 16.5. The standard InChI is InChI=1S/C13H14N2O2/c1-10(8-14)13(16)15-6-7-17-12-5-3-2-4-11(12)9-15/h2-5,10H,6-7,9H2,1H3. The lowest BCUT2D eigenvalue weighted by atomic mass is 10.1. The summed E-state index contributed by atoms with van der Waals surface area (Å²) in [6.45, 7) is 3.14. The maximum atomic E-state index is 11.9. The van der Waals surface area contributed by atoms with Crippen molar-refractivity contribution in [3.05, 3.63) is 29.8 Å². The first-order chi connectivity index (χ1) is 8.22. The third kappa shape index (κ3) is 2.39. The van der Waals surface area contributed by atoms with Crippen LogP contribution >= 0.6 is 0 Å². The van der Waals surface area contributed by atoms with Crippen LogP contribution in [0.5, 0.6) is 5.75 Å². The zero-order valence-electron chi connectivity index (χ0n) is 9.72. The van der Waals surface area contributed by atoms with Crippen LogP contribution in [0.4, 0.5) is 0 Å². The van der Waals surface area contributed by atoms with Crippen molar-refractivity contribution in [2.45, 2.75) is 13.5 Å². The molecule has 0 aromatic heterocycles. The van der Waals surface area contributed by atoms with Gasteiger partial charge in [0.25, 0.3) is 0 Å². The number of rotatable bonds is 1. The highest BCUT2D eigenvalue weighted by Gasteiger charge is 2.23. The number of nitrogens with zero attached hydrogens (tertiary/aromatic N) is 2. The lowest BCUT2D eigenvalue weighted by molar-refractivity contribution is -0.134. The first-order valence-corrected chi connectivity index (χ1v) is 5.61. The Labute approximate surface area is 100 Å². The van der Waals surface area contributed by atoms with Crippen LogP contribution in [0.2, 0.25) is 0 Å². The van der Waals surface area contributed by atoms with E-state index in [0.717, 1.165) is 11.3 Å². The molecule has 4 heteroatoms. The van der Waals surface area contributed by atoms with E-state index in [1.807, 2.05) is 30.3 Å². The minimum absolute atomic E-state index is 0.132. The summed E-state index contributed by atoms with van der Waals surface area (Å²) in [6, 6.07) is 9.65. The first kappa shape index (κ1) is 11.5. The third-order valence-corrected chi connectivity index (χ3v) is 2.83. The van der Waals surface area contributed by atoms with Crippen molar-refractivity contribution in [3.8, 4) is 11.8 Å². The zero-order chi connectivity index (χ0) is 12.3. The minimum Gasteiger partial charge on any atom is -0.491 e. The molecule has 1 aromatic carbocycles. The number of carbonyl (C=O) groups is 1. The van der Waals surface area contributed by atoms with Crippen molar-refractivity contribution in [2.75, 3.05) is 13.2 Å². The van der Waals surface area contributed by atoms with E-state index in [-0.39, 0.29) is 5.91 Å². The lowest BCUT2D eigenvalue weighted by Crippen LogP contribution is -2.35. The number of fused-ring (bicyclic) bond motifs is 1. The second kappa shape index (κ2) is 4.88. The van der Waals surface area contributed by atoms with Gasteiger partial charge in [0.05, 0.1) is 12.6 Å². The Balaban J connectivity index is 2.19. The fraction of sp³-hybridized carbons (Fsp3) is 0.385. The predicted molar refractivity (Wildman–Crippen MR) is 62.1 cm³/mol. The number of benzene rings is 1. The van der Waals surface area contributed by atoms with E-state index >= 15 is 0 Å². The van der Waals surface area contributed by atoms with Gasteiger partial charge in [-0.25, -0.2) is 0 Å². The Morgan fingerprint density at radius 2 is 2.29 bits per heavy atom. The second-order valence-electron chi connectivity index (χ2n) is 4.07. The molecule has 0 fully saturated rings. The van der Waals surface area contributed by atoms with Crippen molar-refractivity contribution in [1.82, 2.24) is 4.90 Å². The molecule has 17 heavy (non-hydrogen) atoms. The van der Waals surface area contributed by atoms with Crippen molar-refractivity contribution in [1.29, 1.82) is 5.26 Å². The molecule has 1 unspecified atom stereocenters. The monoisotopic (exact) mass is 230 g/mol. The van der Waals surface area contributed by atoms with Crippen molar-refractivity contribution >= 4 is 5.91 Å². The van der Waals surface area contributed by atoms with Gasteiger partial charge in [-0.15, -0.1) is 0 Å². The topological polar surface area (TPSA) is 53.3 Å². The summed E-state index contributed by atoms with van der Waals surface area (Å²) < 4.78 is 5.57. The largest absolute Gasteiger partial charge is 0.491 e. The summed E-state index contributed by atoms with van der Waals surface area (Å²) in [7, 11) is 0. The number of ether oxygens (including phenoxy) is 1. The van der Waals surface area contributed by atoms with Gasteiger partial charge in [-0.3, -0.25) is 4.79 Å². The Morgan fingerprint density at radius 3 is 3.06 bits per heavy atom. The van der Waals surface area contributed by atoms with Crippen LogP contribution in [0.1, 0.15) is 12.5 Å². The summed E-state index contributed by atoms with van der Waals surface area (Å²) in [5.41, 5.74) is 0.989. The zero-order valence-corrected chi connectivity index (χ0v) is 9.72. The van der Waals surface area contributed by atoms with Crippen LogP contribution < -0.4 is 4.74 Å². The van der Waals surface area contributed by atoms with Gasteiger partial charge in [0.2, 0.25) is 5.91 Å². The molecular weight excluding hydrogens is 216 g/mol. The average Bonchev–Trinajstić information content (AvgIpc) is 2.58. The molecule has 0 bridgehead atoms. The van der Waals surface area contributed by atoms with E-state index in [1.54, 1.807) is 11.8 Å². The molecule has 0 saturated heterocycles. The van der Waals surface area contributed by atoms with Crippen LogP contribution in [-0.4, -0.2) is 24.0 Å². The first-order valence-electron chi connectivity index (χ1n) is 5.61. The minimum atomic E-state index is -0.597. The number of hydrogen-bond donors (Lipinski definition) is 0. The van der Waals surface area contributed by atoms with Gasteiger partial charge in [-0.05, 0) is 13.0 Å². The SMILES string of the molecule is CC(C#N)C(=O)N1CCOc2ccccc2C1. The molecule has 0 N–H and O–H groups in total. The summed E-state index contributed by atoms with van der Waals surface area (Å²) >= 11 is 0. The Kier molecular flexibility index (Phi) is 3.29. The molecule has 2 rings (SSSR count). The van der Waals surface area contributed by atoms with Gasteiger partial charge < -0.3 is 9.64 Å². The van der Waals surface area contributed by atoms with Gasteiger partial charge in [0, 0.05) is 12.1 Å². The average molecular weight is 230 g/mol. The maximum Gasteiger partial charge on any atom is 0.240 e. The van der Waals surface area contributed by atoms with E-state index in [1.165, 1.54) is 0 Å². The maximum absolute atomic E-state index is 11.9. The summed E-state index contributed by atoms with van der Waals surface area (Å²) in [5, 5.41) is 8.77. The molecule has 0 radical (unpaired) electrons. The lowest BCUT2D eigenvalue weighted by Gasteiger charge is -2.20. The van der Waals surface area contributed by atoms with Gasteiger partial charge in [-0.1, -0.05) is 18.2 Å². The third-order valence-electron chi connectivity index (χ3n) is 2.83. The number of nitriles is 1. The van der Waals surface area contributed by atoms with Gasteiger partial charge in [0.15, 0.2) is 0 Å². The molecular formula is C13H14N2O2. The number of carbonyl (C=O) groups excluding carboxylic acids is 1. The highest BCUT2D eigenvalue weighted by molar-refractivity contribution is 5.80. The molecule has 1 aliphatic heterocycles. The smallest absolute Gasteiger partial charge is 0.240 e. The highest BCUT2D eigenvalue weighted by Crippen LogP contribution is 2.23. The molecule has 0 aliphatic carbocycles. The Bertz CT molecular complexity index is 465. The Hall–Kier alpha value is -2.02. The molecule has 1 amide bonds. The van der Waals surface area contributed by atoms with Crippen LogP contribution in [-0.2, 0) is 11.3 Å². The van der Waals surface area contributed by atoms with Gasteiger partial charge in [0.1, 0.15) is 18.3 Å². The van der Waals surface area contributed by atoms with Gasteiger partial charge >= 0.3 is 0 Å². The number of amides is 1. The van der Waals surface area contributed by atoms with Crippen LogP contribution in [0.3, 0.4) is 0 Å². The van der Waals surface area contributed by atoms with E-state index in [0.29, 0.717) is 19.7 Å². The number of hydrogen-bond acceptors (Lipinski definition) is 3. The normalized spacial score (nSPS) is 16.1. The molecule has 1 atom stereocenters. The molecule has 88 valence electrons. The second-order valence-corrected chi connectivity index (χ2v) is 4.07. The molecule has 1 heterocycles. The molecule has 1 aliphatic rings. The molecule has 0 saturated carbocycles. The van der Waals surface area contributed by atoms with Crippen LogP contribution in [0.25, 0.3) is 0 Å². The van der Waals surface area contributed by atoms with Crippen LogP contribution in [0, 0.1) is 17.2 Å². The summed E-state index contributed by atoms with van der Waals surface area (Å²) in [6.07, 6.45) is 0. The van der Waals surface area contributed by atoms with Crippen LogP contribution in [0.15, 0.2) is 24.3 Å². The van der Waals surface area contributed by atoms with Crippen molar-refractivity contribution < 1.29 is 9.53 Å². The fourth-order valence-electron chi connectivity index (χ4n) is 1.84.